The molecule has 1 aliphatic heterocycles. The van der Waals surface area contributed by atoms with Crippen molar-refractivity contribution in [3.05, 3.63) is 28.8 Å². The molecule has 1 saturated heterocycles. The number of aryl methyl sites for hydroxylation is 1. The van der Waals surface area contributed by atoms with Gasteiger partial charge in [-0.1, -0.05) is 31.5 Å². The minimum absolute atomic E-state index is 0.663. The van der Waals surface area contributed by atoms with Gasteiger partial charge in [-0.05, 0) is 49.9 Å². The third-order valence-corrected chi connectivity index (χ3v) is 4.31. The fourth-order valence-corrected chi connectivity index (χ4v) is 3.09. The molecule has 0 radical (unpaired) electrons. The molecule has 1 aliphatic rings. The number of nitrogens with one attached hydrogen (secondary N) is 1. The molecule has 106 valence electrons. The number of hydrogen-bond acceptors (Lipinski definition) is 2. The van der Waals surface area contributed by atoms with Crippen LogP contribution < -0.4 is 10.2 Å². The van der Waals surface area contributed by atoms with Crippen LogP contribution in [0.25, 0.3) is 0 Å². The molecule has 2 atom stereocenters. The van der Waals surface area contributed by atoms with Crippen LogP contribution in [0.3, 0.4) is 0 Å². The van der Waals surface area contributed by atoms with Crippen molar-refractivity contribution in [1.29, 1.82) is 0 Å². The molecule has 2 nitrogen and oxygen atoms in total. The van der Waals surface area contributed by atoms with E-state index < -0.39 is 0 Å². The number of anilines is 1. The fraction of sp³-hybridized carbons (Fsp3) is 0.625. The van der Waals surface area contributed by atoms with Crippen LogP contribution in [0.1, 0.15) is 32.3 Å². The molecule has 0 aliphatic carbocycles. The van der Waals surface area contributed by atoms with Gasteiger partial charge in [0, 0.05) is 29.8 Å². The maximum atomic E-state index is 6.13. The van der Waals surface area contributed by atoms with Crippen molar-refractivity contribution < 1.29 is 0 Å². The van der Waals surface area contributed by atoms with Crippen LogP contribution in [0.15, 0.2) is 18.2 Å². The second-order valence-electron chi connectivity index (χ2n) is 5.70. The molecule has 1 aromatic rings. The van der Waals surface area contributed by atoms with Crippen molar-refractivity contribution >= 4 is 17.3 Å². The van der Waals surface area contributed by atoms with E-state index in [0.717, 1.165) is 24.7 Å². The normalized spacial score (nSPS) is 23.7. The van der Waals surface area contributed by atoms with E-state index in [1.54, 1.807) is 0 Å². The highest BCUT2D eigenvalue weighted by Crippen LogP contribution is 2.28. The van der Waals surface area contributed by atoms with E-state index in [-0.39, 0.29) is 0 Å². The van der Waals surface area contributed by atoms with E-state index >= 15 is 0 Å². The van der Waals surface area contributed by atoms with Gasteiger partial charge in [0.1, 0.15) is 0 Å². The van der Waals surface area contributed by atoms with Crippen molar-refractivity contribution in [2.45, 2.75) is 39.7 Å². The Kier molecular flexibility index (Phi) is 5.12. The summed E-state index contributed by atoms with van der Waals surface area (Å²) in [6, 6.07) is 6.85. The van der Waals surface area contributed by atoms with E-state index in [1.165, 1.54) is 24.1 Å². The lowest BCUT2D eigenvalue weighted by Gasteiger charge is -2.39. The highest BCUT2D eigenvalue weighted by atomic mass is 35.5. The van der Waals surface area contributed by atoms with Gasteiger partial charge in [0.2, 0.25) is 0 Å². The van der Waals surface area contributed by atoms with Crippen LogP contribution in [0.5, 0.6) is 0 Å². The van der Waals surface area contributed by atoms with Crippen LogP contribution in [0, 0.1) is 12.8 Å². The summed E-state index contributed by atoms with van der Waals surface area (Å²) in [6.07, 6.45) is 2.42. The van der Waals surface area contributed by atoms with Gasteiger partial charge in [-0.25, -0.2) is 0 Å². The Hall–Kier alpha value is -0.730. The third-order valence-electron chi connectivity index (χ3n) is 4.07. The first-order chi connectivity index (χ1) is 9.11. The van der Waals surface area contributed by atoms with Crippen LogP contribution >= 0.6 is 11.6 Å². The first-order valence-corrected chi connectivity index (χ1v) is 7.74. The Balaban J connectivity index is 2.03. The quantitative estimate of drug-likeness (QED) is 0.901. The maximum Gasteiger partial charge on any atom is 0.0426 e. The zero-order valence-corrected chi connectivity index (χ0v) is 13.0. The molecule has 1 fully saturated rings. The SMILES string of the molecule is CCCNC1CCN(c2cc(Cl)ccc2C)CC1C. The van der Waals surface area contributed by atoms with Crippen LogP contribution in [0.2, 0.25) is 5.02 Å². The van der Waals surface area contributed by atoms with E-state index in [9.17, 15) is 0 Å². The first kappa shape index (κ1) is 14.7. The van der Waals surface area contributed by atoms with Crippen LogP contribution in [0.4, 0.5) is 5.69 Å². The average Bonchev–Trinajstić information content (AvgIpc) is 2.40. The highest BCUT2D eigenvalue weighted by Gasteiger charge is 2.26. The Morgan fingerprint density at radius 1 is 1.42 bits per heavy atom. The maximum absolute atomic E-state index is 6.13. The van der Waals surface area contributed by atoms with Gasteiger partial charge >= 0.3 is 0 Å². The van der Waals surface area contributed by atoms with E-state index in [0.29, 0.717) is 12.0 Å². The van der Waals surface area contributed by atoms with E-state index in [4.69, 9.17) is 11.6 Å². The highest BCUT2D eigenvalue weighted by molar-refractivity contribution is 6.30. The smallest absolute Gasteiger partial charge is 0.0426 e. The molecule has 0 bridgehead atoms. The molecule has 0 amide bonds. The number of piperidine rings is 1. The predicted octanol–water partition coefficient (Wildman–Crippen LogP) is 3.86. The van der Waals surface area contributed by atoms with Crippen molar-refractivity contribution in [3.8, 4) is 0 Å². The summed E-state index contributed by atoms with van der Waals surface area (Å²) in [5.41, 5.74) is 2.62. The molecule has 1 heterocycles. The number of hydrogen-bond donors (Lipinski definition) is 1. The molecular formula is C16H25ClN2. The van der Waals surface area contributed by atoms with Crippen molar-refractivity contribution in [2.24, 2.45) is 5.92 Å². The monoisotopic (exact) mass is 280 g/mol. The number of halogens is 1. The largest absolute Gasteiger partial charge is 0.371 e. The standard InChI is InChI=1S/C16H25ClN2/c1-4-8-18-15-7-9-19(11-13(15)3)16-10-14(17)6-5-12(16)2/h5-6,10,13,15,18H,4,7-9,11H2,1-3H3. The summed E-state index contributed by atoms with van der Waals surface area (Å²) < 4.78 is 0. The zero-order chi connectivity index (χ0) is 13.8. The Labute approximate surface area is 122 Å². The Morgan fingerprint density at radius 3 is 2.89 bits per heavy atom. The van der Waals surface area contributed by atoms with Crippen LogP contribution in [-0.4, -0.2) is 25.7 Å². The first-order valence-electron chi connectivity index (χ1n) is 7.36. The summed E-state index contributed by atoms with van der Waals surface area (Å²) in [4.78, 5) is 2.48. The molecule has 0 saturated carbocycles. The lowest BCUT2D eigenvalue weighted by molar-refractivity contribution is 0.322. The van der Waals surface area contributed by atoms with Crippen LogP contribution in [-0.2, 0) is 0 Å². The van der Waals surface area contributed by atoms with Crippen molar-refractivity contribution in [2.75, 3.05) is 24.5 Å². The molecule has 0 aromatic heterocycles. The van der Waals surface area contributed by atoms with Gasteiger partial charge in [0.25, 0.3) is 0 Å². The summed E-state index contributed by atoms with van der Waals surface area (Å²) in [6.45, 7) is 10.1. The van der Waals surface area contributed by atoms with E-state index in [2.05, 4.69) is 43.1 Å². The van der Waals surface area contributed by atoms with Gasteiger partial charge in [-0.15, -0.1) is 0 Å². The molecule has 1 N–H and O–H groups in total. The number of benzene rings is 1. The minimum Gasteiger partial charge on any atom is -0.371 e. The zero-order valence-electron chi connectivity index (χ0n) is 12.2. The van der Waals surface area contributed by atoms with Gasteiger partial charge in [-0.3, -0.25) is 0 Å². The lowest BCUT2D eigenvalue weighted by atomic mass is 9.93. The average molecular weight is 281 g/mol. The summed E-state index contributed by atoms with van der Waals surface area (Å²) in [7, 11) is 0. The topological polar surface area (TPSA) is 15.3 Å². The number of nitrogens with zero attached hydrogens (tertiary/aromatic N) is 1. The van der Waals surface area contributed by atoms with Gasteiger partial charge < -0.3 is 10.2 Å². The summed E-state index contributed by atoms with van der Waals surface area (Å²) in [5, 5.41) is 4.50. The van der Waals surface area contributed by atoms with Crippen molar-refractivity contribution in [3.63, 3.8) is 0 Å². The Bertz CT molecular complexity index is 419. The van der Waals surface area contributed by atoms with Gasteiger partial charge in [0.15, 0.2) is 0 Å². The lowest BCUT2D eigenvalue weighted by Crippen LogP contribution is -2.48. The minimum atomic E-state index is 0.663. The second-order valence-corrected chi connectivity index (χ2v) is 6.14. The van der Waals surface area contributed by atoms with Gasteiger partial charge in [-0.2, -0.15) is 0 Å². The predicted molar refractivity (Wildman–Crippen MR) is 84.3 cm³/mol. The number of rotatable bonds is 4. The molecule has 19 heavy (non-hydrogen) atoms. The molecule has 3 heteroatoms. The molecule has 0 spiro atoms. The molecule has 1 aromatic carbocycles. The molecule has 2 rings (SSSR count). The fourth-order valence-electron chi connectivity index (χ4n) is 2.92. The second kappa shape index (κ2) is 6.62. The van der Waals surface area contributed by atoms with Gasteiger partial charge in [0.05, 0.1) is 0 Å². The third kappa shape index (κ3) is 3.64. The van der Waals surface area contributed by atoms with E-state index in [1.807, 2.05) is 6.07 Å². The van der Waals surface area contributed by atoms with Crippen molar-refractivity contribution in [1.82, 2.24) is 5.32 Å². The molecular weight excluding hydrogens is 256 g/mol. The summed E-state index contributed by atoms with van der Waals surface area (Å²) >= 11 is 6.13. The summed E-state index contributed by atoms with van der Waals surface area (Å²) in [5.74, 6) is 0.679. The Morgan fingerprint density at radius 2 is 2.21 bits per heavy atom. The molecule has 2 unspecified atom stereocenters.